The van der Waals surface area contributed by atoms with Crippen LogP contribution < -0.4 is 10.2 Å². The summed E-state index contributed by atoms with van der Waals surface area (Å²) in [4.78, 5) is 19.5. The van der Waals surface area contributed by atoms with Gasteiger partial charge in [0.25, 0.3) is 0 Å². The molecule has 1 saturated heterocycles. The van der Waals surface area contributed by atoms with Gasteiger partial charge in [0, 0.05) is 42.7 Å². The molecule has 1 amide bonds. The lowest BCUT2D eigenvalue weighted by Gasteiger charge is -2.14. The van der Waals surface area contributed by atoms with Crippen LogP contribution in [-0.4, -0.2) is 36.7 Å². The van der Waals surface area contributed by atoms with E-state index in [4.69, 9.17) is 9.72 Å². The van der Waals surface area contributed by atoms with Crippen molar-refractivity contribution in [2.75, 3.05) is 29.9 Å². The summed E-state index contributed by atoms with van der Waals surface area (Å²) >= 11 is 1.69. The monoisotopic (exact) mass is 357 g/mol. The standard InChI is InChI=1S/C19H23N3O2S/c1-12-18(21-19(25-12)20-11-16-4-3-9-24-16)15-5-6-17-14(10-15)7-8-22(17)13(2)23/h5-6,10,16H,3-4,7-9,11H2,1-2H3,(H,20,21). The second kappa shape index (κ2) is 6.77. The first-order valence-electron chi connectivity index (χ1n) is 8.86. The van der Waals surface area contributed by atoms with Crippen LogP contribution in [-0.2, 0) is 16.0 Å². The third kappa shape index (κ3) is 3.28. The number of amides is 1. The van der Waals surface area contributed by atoms with Gasteiger partial charge in [-0.3, -0.25) is 4.79 Å². The Morgan fingerprint density at radius 1 is 1.48 bits per heavy atom. The minimum atomic E-state index is 0.108. The predicted molar refractivity (Wildman–Crippen MR) is 101 cm³/mol. The average molecular weight is 357 g/mol. The molecular formula is C19H23N3O2S. The zero-order valence-corrected chi connectivity index (χ0v) is 15.5. The van der Waals surface area contributed by atoms with E-state index < -0.39 is 0 Å². The van der Waals surface area contributed by atoms with Crippen LogP contribution in [0.15, 0.2) is 18.2 Å². The van der Waals surface area contributed by atoms with Crippen LogP contribution in [0, 0.1) is 6.92 Å². The van der Waals surface area contributed by atoms with Crippen molar-refractivity contribution in [3.63, 3.8) is 0 Å². The normalized spacial score (nSPS) is 19.3. The second-order valence-electron chi connectivity index (χ2n) is 6.70. The van der Waals surface area contributed by atoms with Crippen molar-refractivity contribution in [1.29, 1.82) is 0 Å². The molecule has 0 spiro atoms. The van der Waals surface area contributed by atoms with E-state index in [1.54, 1.807) is 18.3 Å². The molecule has 1 unspecified atom stereocenters. The van der Waals surface area contributed by atoms with Gasteiger partial charge in [-0.15, -0.1) is 11.3 Å². The zero-order valence-electron chi connectivity index (χ0n) is 14.7. The van der Waals surface area contributed by atoms with Crippen molar-refractivity contribution in [3.8, 4) is 11.3 Å². The number of hydrogen-bond donors (Lipinski definition) is 1. The minimum absolute atomic E-state index is 0.108. The molecule has 4 rings (SSSR count). The number of nitrogens with zero attached hydrogens (tertiary/aromatic N) is 2. The number of rotatable bonds is 4. The molecule has 6 heteroatoms. The summed E-state index contributed by atoms with van der Waals surface area (Å²) in [7, 11) is 0. The molecule has 2 aliphatic heterocycles. The van der Waals surface area contributed by atoms with Crippen LogP contribution in [0.4, 0.5) is 10.8 Å². The van der Waals surface area contributed by atoms with Crippen LogP contribution in [0.2, 0.25) is 0 Å². The zero-order chi connectivity index (χ0) is 17.4. The molecule has 1 aromatic heterocycles. The SMILES string of the molecule is CC(=O)N1CCc2cc(-c3nc(NCC4CCCO4)sc3C)ccc21. The molecule has 2 aromatic rings. The van der Waals surface area contributed by atoms with E-state index in [1.165, 1.54) is 10.4 Å². The molecule has 0 aliphatic carbocycles. The molecule has 132 valence electrons. The van der Waals surface area contributed by atoms with Gasteiger partial charge in [0.2, 0.25) is 5.91 Å². The summed E-state index contributed by atoms with van der Waals surface area (Å²) in [6.07, 6.45) is 3.50. The fourth-order valence-corrected chi connectivity index (χ4v) is 4.47. The Kier molecular flexibility index (Phi) is 4.48. The summed E-state index contributed by atoms with van der Waals surface area (Å²) in [6, 6.07) is 6.31. The second-order valence-corrected chi connectivity index (χ2v) is 7.91. The highest BCUT2D eigenvalue weighted by molar-refractivity contribution is 7.16. The first kappa shape index (κ1) is 16.5. The van der Waals surface area contributed by atoms with Gasteiger partial charge in [0.1, 0.15) is 0 Å². The molecule has 3 heterocycles. The van der Waals surface area contributed by atoms with Gasteiger partial charge in [0.15, 0.2) is 5.13 Å². The maximum atomic E-state index is 11.7. The summed E-state index contributed by atoms with van der Waals surface area (Å²) < 4.78 is 5.66. The average Bonchev–Trinajstić information content (AvgIpc) is 3.31. The summed E-state index contributed by atoms with van der Waals surface area (Å²) in [6.45, 7) is 6.21. The first-order chi connectivity index (χ1) is 12.1. The Labute approximate surface area is 152 Å². The van der Waals surface area contributed by atoms with Gasteiger partial charge < -0.3 is 15.0 Å². The van der Waals surface area contributed by atoms with E-state index in [-0.39, 0.29) is 5.91 Å². The highest BCUT2D eigenvalue weighted by atomic mass is 32.1. The number of benzene rings is 1. The Bertz CT molecular complexity index is 796. The van der Waals surface area contributed by atoms with Crippen molar-refractivity contribution in [3.05, 3.63) is 28.6 Å². The van der Waals surface area contributed by atoms with Crippen LogP contribution in [0.25, 0.3) is 11.3 Å². The van der Waals surface area contributed by atoms with Crippen molar-refractivity contribution in [2.45, 2.75) is 39.2 Å². The predicted octanol–water partition coefficient (Wildman–Crippen LogP) is 3.62. The van der Waals surface area contributed by atoms with Crippen LogP contribution in [0.5, 0.6) is 0 Å². The molecular weight excluding hydrogens is 334 g/mol. The third-order valence-corrected chi connectivity index (χ3v) is 5.86. The van der Waals surface area contributed by atoms with Gasteiger partial charge in [0.05, 0.1) is 11.8 Å². The summed E-state index contributed by atoms with van der Waals surface area (Å²) in [5.74, 6) is 0.108. The lowest BCUT2D eigenvalue weighted by molar-refractivity contribution is -0.116. The third-order valence-electron chi connectivity index (χ3n) is 4.93. The molecule has 1 N–H and O–H groups in total. The van der Waals surface area contributed by atoms with E-state index in [0.717, 1.165) is 61.0 Å². The lowest BCUT2D eigenvalue weighted by Crippen LogP contribution is -2.25. The highest BCUT2D eigenvalue weighted by Crippen LogP contribution is 2.35. The van der Waals surface area contributed by atoms with E-state index >= 15 is 0 Å². The van der Waals surface area contributed by atoms with Crippen LogP contribution in [0.3, 0.4) is 0 Å². The van der Waals surface area contributed by atoms with Crippen LogP contribution >= 0.6 is 11.3 Å². The van der Waals surface area contributed by atoms with Crippen molar-refractivity contribution >= 4 is 28.1 Å². The highest BCUT2D eigenvalue weighted by Gasteiger charge is 2.23. The number of ether oxygens (including phenoxy) is 1. The minimum Gasteiger partial charge on any atom is -0.376 e. The molecule has 1 fully saturated rings. The molecule has 0 bridgehead atoms. The van der Waals surface area contributed by atoms with Crippen molar-refractivity contribution in [2.24, 2.45) is 0 Å². The smallest absolute Gasteiger partial charge is 0.223 e. The number of aromatic nitrogens is 1. The summed E-state index contributed by atoms with van der Waals surface area (Å²) in [5, 5.41) is 4.37. The van der Waals surface area contributed by atoms with E-state index in [2.05, 4.69) is 30.4 Å². The van der Waals surface area contributed by atoms with Gasteiger partial charge >= 0.3 is 0 Å². The van der Waals surface area contributed by atoms with Gasteiger partial charge in [-0.2, -0.15) is 0 Å². The van der Waals surface area contributed by atoms with Gasteiger partial charge in [-0.25, -0.2) is 4.98 Å². The van der Waals surface area contributed by atoms with Crippen LogP contribution in [0.1, 0.15) is 30.2 Å². The van der Waals surface area contributed by atoms with Crippen molar-refractivity contribution in [1.82, 2.24) is 4.98 Å². The molecule has 25 heavy (non-hydrogen) atoms. The summed E-state index contributed by atoms with van der Waals surface area (Å²) in [5.41, 5.74) is 4.43. The number of hydrogen-bond acceptors (Lipinski definition) is 5. The lowest BCUT2D eigenvalue weighted by atomic mass is 10.1. The Morgan fingerprint density at radius 3 is 3.12 bits per heavy atom. The molecule has 0 radical (unpaired) electrons. The molecule has 0 saturated carbocycles. The first-order valence-corrected chi connectivity index (χ1v) is 9.68. The van der Waals surface area contributed by atoms with E-state index in [0.29, 0.717) is 6.10 Å². The quantitative estimate of drug-likeness (QED) is 0.908. The number of nitrogens with one attached hydrogen (secondary N) is 1. The van der Waals surface area contributed by atoms with E-state index in [9.17, 15) is 4.79 Å². The number of aryl methyl sites for hydroxylation is 1. The number of carbonyl (C=O) groups excluding carboxylic acids is 1. The Hall–Kier alpha value is -1.92. The Balaban J connectivity index is 1.53. The maximum Gasteiger partial charge on any atom is 0.223 e. The topological polar surface area (TPSA) is 54.5 Å². The number of anilines is 2. The Morgan fingerprint density at radius 2 is 2.36 bits per heavy atom. The maximum absolute atomic E-state index is 11.7. The number of fused-ring (bicyclic) bond motifs is 1. The van der Waals surface area contributed by atoms with Gasteiger partial charge in [-0.05, 0) is 43.9 Å². The molecule has 5 nitrogen and oxygen atoms in total. The molecule has 2 aliphatic rings. The molecule has 1 aromatic carbocycles. The fraction of sp³-hybridized carbons (Fsp3) is 0.474. The van der Waals surface area contributed by atoms with Gasteiger partial charge in [-0.1, -0.05) is 6.07 Å². The largest absolute Gasteiger partial charge is 0.376 e. The van der Waals surface area contributed by atoms with Crippen molar-refractivity contribution < 1.29 is 9.53 Å². The van der Waals surface area contributed by atoms with E-state index in [1.807, 2.05) is 4.90 Å². The molecule has 1 atom stereocenters. The number of thiazole rings is 1. The number of carbonyl (C=O) groups is 1. The fourth-order valence-electron chi connectivity index (χ4n) is 3.62.